The lowest BCUT2D eigenvalue weighted by Gasteiger charge is -2.37. The molecule has 4 nitrogen and oxygen atoms in total. The highest BCUT2D eigenvalue weighted by Crippen LogP contribution is 2.43. The molecule has 1 saturated carbocycles. The fourth-order valence-electron chi connectivity index (χ4n) is 2.86. The molecule has 0 aromatic rings. The average Bonchev–Trinajstić information content (AvgIpc) is 2.58. The molecular weight excluding hydrogens is 200 g/mol. The third kappa shape index (κ3) is 1.97. The van der Waals surface area contributed by atoms with Gasteiger partial charge in [-0.05, 0) is 36.3 Å². The van der Waals surface area contributed by atoms with Crippen LogP contribution in [0.3, 0.4) is 0 Å². The quantitative estimate of drug-likeness (QED) is 0.430. The van der Waals surface area contributed by atoms with Crippen LogP contribution in [0.25, 0.3) is 10.4 Å². The highest BCUT2D eigenvalue weighted by molar-refractivity contribution is 5.85. The van der Waals surface area contributed by atoms with Crippen LogP contribution in [0.2, 0.25) is 0 Å². The van der Waals surface area contributed by atoms with Crippen molar-refractivity contribution in [2.75, 3.05) is 19.6 Å². The van der Waals surface area contributed by atoms with E-state index in [0.29, 0.717) is 12.0 Å². The van der Waals surface area contributed by atoms with Crippen molar-refractivity contribution in [3.05, 3.63) is 10.4 Å². The summed E-state index contributed by atoms with van der Waals surface area (Å²) in [4.78, 5) is 2.88. The van der Waals surface area contributed by atoms with Gasteiger partial charge >= 0.3 is 0 Å². The lowest BCUT2D eigenvalue weighted by molar-refractivity contribution is 0.160. The number of halogens is 1. The van der Waals surface area contributed by atoms with Crippen molar-refractivity contribution in [2.45, 2.75) is 25.7 Å². The summed E-state index contributed by atoms with van der Waals surface area (Å²) in [6.45, 7) is 2.87. The van der Waals surface area contributed by atoms with Gasteiger partial charge in [0.05, 0.1) is 0 Å². The van der Waals surface area contributed by atoms with Gasteiger partial charge in [0.15, 0.2) is 0 Å². The first-order valence-corrected chi connectivity index (χ1v) is 5.09. The summed E-state index contributed by atoms with van der Waals surface area (Å²) in [5.41, 5.74) is 8.66. The van der Waals surface area contributed by atoms with Crippen LogP contribution >= 0.6 is 12.4 Å². The highest BCUT2D eigenvalue weighted by Gasteiger charge is 2.43. The first-order valence-electron chi connectivity index (χ1n) is 5.09. The number of hydrogen-bond donors (Lipinski definition) is 1. The van der Waals surface area contributed by atoms with E-state index in [-0.39, 0.29) is 12.4 Å². The Balaban J connectivity index is 0.000000980. The second-order valence-corrected chi connectivity index (χ2v) is 4.32. The van der Waals surface area contributed by atoms with Crippen molar-refractivity contribution in [2.24, 2.45) is 16.4 Å². The van der Waals surface area contributed by atoms with Gasteiger partial charge in [0.25, 0.3) is 0 Å². The SMILES string of the molecule is Cl.[N-]=[N+]=NCC12CCCCC1CNC2. The van der Waals surface area contributed by atoms with Crippen LogP contribution in [0, 0.1) is 11.3 Å². The van der Waals surface area contributed by atoms with Crippen molar-refractivity contribution in [3.8, 4) is 0 Å². The molecule has 2 fully saturated rings. The molecule has 1 N–H and O–H groups in total. The lowest BCUT2D eigenvalue weighted by atomic mass is 9.68. The second kappa shape index (κ2) is 4.87. The van der Waals surface area contributed by atoms with Crippen LogP contribution < -0.4 is 5.32 Å². The summed E-state index contributed by atoms with van der Waals surface area (Å²) < 4.78 is 0. The predicted molar refractivity (Wildman–Crippen MR) is 58.5 cm³/mol. The van der Waals surface area contributed by atoms with Gasteiger partial charge in [-0.2, -0.15) is 0 Å². The molecular formula is C9H17ClN4. The highest BCUT2D eigenvalue weighted by atomic mass is 35.5. The van der Waals surface area contributed by atoms with Crippen molar-refractivity contribution in [1.82, 2.24) is 5.32 Å². The Morgan fingerprint density at radius 3 is 3.14 bits per heavy atom. The first-order chi connectivity index (χ1) is 6.37. The monoisotopic (exact) mass is 216 g/mol. The molecule has 1 saturated heterocycles. The fourth-order valence-corrected chi connectivity index (χ4v) is 2.86. The molecule has 0 amide bonds. The fraction of sp³-hybridized carbons (Fsp3) is 1.00. The van der Waals surface area contributed by atoms with Crippen molar-refractivity contribution in [3.63, 3.8) is 0 Å². The van der Waals surface area contributed by atoms with Gasteiger partial charge < -0.3 is 5.32 Å². The number of nitrogens with one attached hydrogen (secondary N) is 1. The standard InChI is InChI=1S/C9H16N4.ClH/c10-13-12-7-9-4-2-1-3-8(9)5-11-6-9;/h8,11H,1-7H2;1H. The molecule has 2 rings (SSSR count). The van der Waals surface area contributed by atoms with E-state index in [1.165, 1.54) is 25.7 Å². The molecule has 2 atom stereocenters. The molecule has 5 heteroatoms. The Morgan fingerprint density at radius 2 is 2.36 bits per heavy atom. The maximum absolute atomic E-state index is 8.35. The molecule has 14 heavy (non-hydrogen) atoms. The molecule has 2 unspecified atom stereocenters. The van der Waals surface area contributed by atoms with Crippen LogP contribution in [0.15, 0.2) is 5.11 Å². The minimum atomic E-state index is 0. The van der Waals surface area contributed by atoms with Crippen LogP contribution in [-0.4, -0.2) is 19.6 Å². The van der Waals surface area contributed by atoms with Crippen LogP contribution in [0.5, 0.6) is 0 Å². The van der Waals surface area contributed by atoms with Crippen LogP contribution in [-0.2, 0) is 0 Å². The number of rotatable bonds is 2. The average molecular weight is 217 g/mol. The summed E-state index contributed by atoms with van der Waals surface area (Å²) >= 11 is 0. The van der Waals surface area contributed by atoms with E-state index in [1.807, 2.05) is 0 Å². The number of nitrogens with zero attached hydrogens (tertiary/aromatic N) is 3. The van der Waals surface area contributed by atoms with Crippen molar-refractivity contribution >= 4 is 12.4 Å². The Kier molecular flexibility index (Phi) is 4.05. The van der Waals surface area contributed by atoms with Gasteiger partial charge in [0, 0.05) is 18.0 Å². The zero-order valence-corrected chi connectivity index (χ0v) is 9.09. The summed E-state index contributed by atoms with van der Waals surface area (Å²) in [5, 5.41) is 7.20. The number of hydrogen-bond acceptors (Lipinski definition) is 2. The van der Waals surface area contributed by atoms with E-state index in [9.17, 15) is 0 Å². The van der Waals surface area contributed by atoms with Crippen LogP contribution in [0.1, 0.15) is 25.7 Å². The minimum Gasteiger partial charge on any atom is -0.316 e. The maximum Gasteiger partial charge on any atom is 0.0329 e. The molecule has 0 bridgehead atoms. The molecule has 1 heterocycles. The van der Waals surface area contributed by atoms with Crippen molar-refractivity contribution in [1.29, 1.82) is 0 Å². The van der Waals surface area contributed by atoms with E-state index in [1.54, 1.807) is 0 Å². The van der Waals surface area contributed by atoms with Gasteiger partial charge in [-0.25, -0.2) is 0 Å². The summed E-state index contributed by atoms with van der Waals surface area (Å²) in [6.07, 6.45) is 5.21. The number of fused-ring (bicyclic) bond motifs is 1. The Labute approximate surface area is 90.5 Å². The summed E-state index contributed by atoms with van der Waals surface area (Å²) in [7, 11) is 0. The molecule has 80 valence electrons. The van der Waals surface area contributed by atoms with Gasteiger partial charge in [-0.3, -0.25) is 0 Å². The summed E-state index contributed by atoms with van der Waals surface area (Å²) in [5.74, 6) is 0.756. The zero-order valence-electron chi connectivity index (χ0n) is 8.28. The van der Waals surface area contributed by atoms with Crippen molar-refractivity contribution < 1.29 is 0 Å². The van der Waals surface area contributed by atoms with E-state index >= 15 is 0 Å². The maximum atomic E-state index is 8.35. The predicted octanol–water partition coefficient (Wildman–Crippen LogP) is 2.50. The first kappa shape index (κ1) is 11.6. The molecule has 2 aliphatic rings. The van der Waals surface area contributed by atoms with Crippen LogP contribution in [0.4, 0.5) is 0 Å². The second-order valence-electron chi connectivity index (χ2n) is 4.32. The minimum absolute atomic E-state index is 0. The molecule has 0 aromatic carbocycles. The zero-order chi connectivity index (χ0) is 9.15. The Bertz CT molecular complexity index is 239. The molecule has 0 aromatic heterocycles. The van der Waals surface area contributed by atoms with Gasteiger partial charge in [0.2, 0.25) is 0 Å². The van der Waals surface area contributed by atoms with Gasteiger partial charge in [-0.1, -0.05) is 18.0 Å². The van der Waals surface area contributed by atoms with Gasteiger partial charge in [0.1, 0.15) is 0 Å². The molecule has 0 radical (unpaired) electrons. The summed E-state index contributed by atoms with van der Waals surface area (Å²) in [6, 6.07) is 0. The topological polar surface area (TPSA) is 60.8 Å². The largest absolute Gasteiger partial charge is 0.316 e. The molecule has 1 aliphatic carbocycles. The number of azide groups is 1. The lowest BCUT2D eigenvalue weighted by Crippen LogP contribution is -2.35. The van der Waals surface area contributed by atoms with E-state index < -0.39 is 0 Å². The molecule has 1 aliphatic heterocycles. The van der Waals surface area contributed by atoms with E-state index in [2.05, 4.69) is 15.3 Å². The van der Waals surface area contributed by atoms with Gasteiger partial charge in [-0.15, -0.1) is 12.4 Å². The Hall–Kier alpha value is -0.440. The third-order valence-electron chi connectivity index (χ3n) is 3.66. The van der Waals surface area contributed by atoms with E-state index in [0.717, 1.165) is 19.0 Å². The van der Waals surface area contributed by atoms with E-state index in [4.69, 9.17) is 5.53 Å². The Morgan fingerprint density at radius 1 is 1.50 bits per heavy atom. The third-order valence-corrected chi connectivity index (χ3v) is 3.66. The smallest absolute Gasteiger partial charge is 0.0329 e. The molecule has 0 spiro atoms. The normalized spacial score (nSPS) is 35.3.